The number of carbonyl (C=O) groups excluding carboxylic acids is 1. The number of carbonyl (C=O) groups is 1. The van der Waals surface area contributed by atoms with Gasteiger partial charge in [-0.1, -0.05) is 41.6 Å². The normalized spacial score (nSPS) is 10.4. The molecule has 6 heteroatoms. The first kappa shape index (κ1) is 13.9. The molecule has 0 radical (unpaired) electrons. The minimum absolute atomic E-state index is 0.101. The van der Waals surface area contributed by atoms with Crippen LogP contribution in [-0.2, 0) is 6.54 Å². The summed E-state index contributed by atoms with van der Waals surface area (Å²) in [7, 11) is 0. The number of amides is 1. The van der Waals surface area contributed by atoms with Crippen LogP contribution in [0.1, 0.15) is 16.1 Å². The van der Waals surface area contributed by atoms with Crippen molar-refractivity contribution >= 4 is 5.91 Å². The molecule has 3 rings (SSSR count). The second kappa shape index (κ2) is 6.17. The van der Waals surface area contributed by atoms with Crippen molar-refractivity contribution in [3.63, 3.8) is 0 Å². The molecule has 0 atom stereocenters. The van der Waals surface area contributed by atoms with Crippen molar-refractivity contribution in [1.29, 1.82) is 0 Å². The number of halogens is 1. The van der Waals surface area contributed by atoms with E-state index in [1.165, 1.54) is 16.9 Å². The molecule has 0 saturated heterocycles. The van der Waals surface area contributed by atoms with Gasteiger partial charge in [0.1, 0.15) is 5.82 Å². The molecule has 1 aromatic heterocycles. The number of benzene rings is 2. The molecular weight excluding hydrogens is 283 g/mol. The van der Waals surface area contributed by atoms with E-state index in [1.54, 1.807) is 18.2 Å². The number of hydrogen-bond donors (Lipinski definition) is 1. The van der Waals surface area contributed by atoms with E-state index in [0.717, 1.165) is 5.69 Å². The fourth-order valence-corrected chi connectivity index (χ4v) is 1.98. The Hall–Kier alpha value is -3.02. The number of para-hydroxylation sites is 1. The Balaban J connectivity index is 1.69. The summed E-state index contributed by atoms with van der Waals surface area (Å²) in [6.07, 6.45) is 1.53. The quantitative estimate of drug-likeness (QED) is 0.804. The van der Waals surface area contributed by atoms with Crippen molar-refractivity contribution in [2.24, 2.45) is 0 Å². The van der Waals surface area contributed by atoms with Gasteiger partial charge in [0.2, 0.25) is 0 Å². The molecule has 5 nitrogen and oxygen atoms in total. The molecule has 2 aromatic carbocycles. The lowest BCUT2D eigenvalue weighted by atomic mass is 10.2. The molecule has 22 heavy (non-hydrogen) atoms. The molecule has 1 amide bonds. The third kappa shape index (κ3) is 3.01. The molecule has 110 valence electrons. The second-order valence-electron chi connectivity index (χ2n) is 4.66. The van der Waals surface area contributed by atoms with Crippen molar-refractivity contribution in [3.8, 4) is 5.69 Å². The molecule has 0 aliphatic rings. The highest BCUT2D eigenvalue weighted by molar-refractivity contribution is 5.91. The molecular formula is C16H13FN4O. The van der Waals surface area contributed by atoms with Crippen LogP contribution in [0.2, 0.25) is 0 Å². The zero-order valence-electron chi connectivity index (χ0n) is 11.6. The number of aromatic nitrogens is 3. The largest absolute Gasteiger partial charge is 0.346 e. The third-order valence-electron chi connectivity index (χ3n) is 3.14. The maximum Gasteiger partial charge on any atom is 0.273 e. The first-order chi connectivity index (χ1) is 10.7. The van der Waals surface area contributed by atoms with Gasteiger partial charge in [-0.3, -0.25) is 4.79 Å². The lowest BCUT2D eigenvalue weighted by Crippen LogP contribution is -2.23. The van der Waals surface area contributed by atoms with Gasteiger partial charge in [0.05, 0.1) is 11.9 Å². The van der Waals surface area contributed by atoms with Crippen molar-refractivity contribution in [2.45, 2.75) is 6.54 Å². The van der Waals surface area contributed by atoms with Crippen LogP contribution in [0.3, 0.4) is 0 Å². The van der Waals surface area contributed by atoms with Crippen LogP contribution in [-0.4, -0.2) is 20.9 Å². The summed E-state index contributed by atoms with van der Waals surface area (Å²) in [5, 5.41) is 10.4. The average Bonchev–Trinajstić information content (AvgIpc) is 3.05. The predicted molar refractivity (Wildman–Crippen MR) is 78.9 cm³/mol. The van der Waals surface area contributed by atoms with Crippen molar-refractivity contribution < 1.29 is 9.18 Å². The molecule has 3 aromatic rings. The van der Waals surface area contributed by atoms with Gasteiger partial charge in [0.25, 0.3) is 5.91 Å². The van der Waals surface area contributed by atoms with Crippen molar-refractivity contribution in [2.75, 3.05) is 0 Å². The minimum atomic E-state index is -0.398. The van der Waals surface area contributed by atoms with Gasteiger partial charge in [0, 0.05) is 12.1 Å². The Morgan fingerprint density at radius 2 is 1.82 bits per heavy atom. The van der Waals surface area contributed by atoms with Crippen LogP contribution in [0.4, 0.5) is 4.39 Å². The molecule has 1 heterocycles. The van der Waals surface area contributed by atoms with Gasteiger partial charge in [-0.2, -0.15) is 0 Å². The monoisotopic (exact) mass is 296 g/mol. The fourth-order valence-electron chi connectivity index (χ4n) is 1.98. The van der Waals surface area contributed by atoms with Crippen LogP contribution in [0.5, 0.6) is 0 Å². The van der Waals surface area contributed by atoms with E-state index in [0.29, 0.717) is 5.56 Å². The summed E-state index contributed by atoms with van der Waals surface area (Å²) in [6.45, 7) is 0.101. The molecule has 0 fully saturated rings. The van der Waals surface area contributed by atoms with E-state index in [1.807, 2.05) is 30.3 Å². The van der Waals surface area contributed by atoms with E-state index in [2.05, 4.69) is 15.6 Å². The zero-order valence-corrected chi connectivity index (χ0v) is 11.6. The highest BCUT2D eigenvalue weighted by Crippen LogP contribution is 2.07. The lowest BCUT2D eigenvalue weighted by molar-refractivity contribution is 0.0945. The SMILES string of the molecule is O=C(NCc1ccccc1F)c1cn(-c2ccccc2)nn1. The van der Waals surface area contributed by atoms with Gasteiger partial charge in [-0.05, 0) is 18.2 Å². The Bertz CT molecular complexity index is 786. The topological polar surface area (TPSA) is 59.8 Å². The van der Waals surface area contributed by atoms with Crippen LogP contribution in [0.15, 0.2) is 60.8 Å². The Kier molecular flexibility index (Phi) is 3.91. The van der Waals surface area contributed by atoms with Crippen LogP contribution < -0.4 is 5.32 Å². The molecule has 0 aliphatic heterocycles. The summed E-state index contributed by atoms with van der Waals surface area (Å²) in [4.78, 5) is 12.0. The van der Waals surface area contributed by atoms with E-state index in [9.17, 15) is 9.18 Å². The van der Waals surface area contributed by atoms with E-state index in [4.69, 9.17) is 0 Å². The lowest BCUT2D eigenvalue weighted by Gasteiger charge is -2.04. The van der Waals surface area contributed by atoms with Crippen LogP contribution >= 0.6 is 0 Å². The minimum Gasteiger partial charge on any atom is -0.346 e. The Labute approximate surface area is 126 Å². The first-order valence-corrected chi connectivity index (χ1v) is 6.73. The number of rotatable bonds is 4. The van der Waals surface area contributed by atoms with E-state index < -0.39 is 5.91 Å². The molecule has 0 unspecified atom stereocenters. The van der Waals surface area contributed by atoms with Crippen molar-refractivity contribution in [3.05, 3.63) is 77.9 Å². The molecule has 0 bridgehead atoms. The fraction of sp³-hybridized carbons (Fsp3) is 0.0625. The maximum atomic E-state index is 13.5. The van der Waals surface area contributed by atoms with Crippen LogP contribution in [0.25, 0.3) is 5.69 Å². The van der Waals surface area contributed by atoms with E-state index in [-0.39, 0.29) is 18.1 Å². The molecule has 0 saturated carbocycles. The van der Waals surface area contributed by atoms with Gasteiger partial charge in [0.15, 0.2) is 5.69 Å². The smallest absolute Gasteiger partial charge is 0.273 e. The summed E-state index contributed by atoms with van der Waals surface area (Å²) in [5.41, 5.74) is 1.41. The average molecular weight is 296 g/mol. The first-order valence-electron chi connectivity index (χ1n) is 6.73. The van der Waals surface area contributed by atoms with Gasteiger partial charge in [-0.25, -0.2) is 9.07 Å². The summed E-state index contributed by atoms with van der Waals surface area (Å²) < 4.78 is 15.0. The predicted octanol–water partition coefficient (Wildman–Crippen LogP) is 2.34. The zero-order chi connectivity index (χ0) is 15.4. The summed E-state index contributed by atoms with van der Waals surface area (Å²) in [5.74, 6) is -0.749. The highest BCUT2D eigenvalue weighted by atomic mass is 19.1. The third-order valence-corrected chi connectivity index (χ3v) is 3.14. The highest BCUT2D eigenvalue weighted by Gasteiger charge is 2.12. The van der Waals surface area contributed by atoms with Crippen LogP contribution in [0, 0.1) is 5.82 Å². The van der Waals surface area contributed by atoms with Crippen molar-refractivity contribution in [1.82, 2.24) is 20.3 Å². The summed E-state index contributed by atoms with van der Waals surface area (Å²) in [6, 6.07) is 15.6. The number of nitrogens with zero attached hydrogens (tertiary/aromatic N) is 3. The Morgan fingerprint density at radius 3 is 2.59 bits per heavy atom. The maximum absolute atomic E-state index is 13.5. The molecule has 1 N–H and O–H groups in total. The molecule has 0 aliphatic carbocycles. The second-order valence-corrected chi connectivity index (χ2v) is 4.66. The van der Waals surface area contributed by atoms with Gasteiger partial charge >= 0.3 is 0 Å². The van der Waals surface area contributed by atoms with Gasteiger partial charge < -0.3 is 5.32 Å². The van der Waals surface area contributed by atoms with Gasteiger partial charge in [-0.15, -0.1) is 5.10 Å². The summed E-state index contributed by atoms with van der Waals surface area (Å²) >= 11 is 0. The van der Waals surface area contributed by atoms with E-state index >= 15 is 0 Å². The molecule has 0 spiro atoms. The standard InChI is InChI=1S/C16H13FN4O/c17-14-9-5-4-6-12(14)10-18-16(22)15-11-21(20-19-15)13-7-2-1-3-8-13/h1-9,11H,10H2,(H,18,22). The number of nitrogens with one attached hydrogen (secondary N) is 1. The Morgan fingerprint density at radius 1 is 1.09 bits per heavy atom. The number of hydrogen-bond acceptors (Lipinski definition) is 3.